The third kappa shape index (κ3) is 4.77. The number of aromatic nitrogens is 3. The summed E-state index contributed by atoms with van der Waals surface area (Å²) < 4.78 is 12.5. The van der Waals surface area contributed by atoms with Crippen LogP contribution in [0.15, 0.2) is 23.5 Å². The lowest BCUT2D eigenvalue weighted by Gasteiger charge is -2.32. The molecule has 1 aliphatic rings. The van der Waals surface area contributed by atoms with E-state index in [1.807, 2.05) is 25.5 Å². The second-order valence-corrected chi connectivity index (χ2v) is 6.72. The third-order valence-electron chi connectivity index (χ3n) is 4.43. The molecule has 2 aromatic heterocycles. The molecule has 0 bridgehead atoms. The van der Waals surface area contributed by atoms with E-state index in [0.29, 0.717) is 43.9 Å². The Balaban J connectivity index is 1.98. The van der Waals surface area contributed by atoms with E-state index in [1.165, 1.54) is 0 Å². The highest BCUT2D eigenvalue weighted by atomic mass is 35.5. The largest absolute Gasteiger partial charge is 0.383 e. The number of methoxy groups -OCH3 is 1. The summed E-state index contributed by atoms with van der Waals surface area (Å²) in [6, 6.07) is 1.85. The second-order valence-electron chi connectivity index (χ2n) is 6.33. The number of pyridine rings is 1. The van der Waals surface area contributed by atoms with Gasteiger partial charge in [0.25, 0.3) is 0 Å². The maximum atomic E-state index is 6.38. The van der Waals surface area contributed by atoms with Gasteiger partial charge >= 0.3 is 0 Å². The molecule has 0 unspecified atom stereocenters. The van der Waals surface area contributed by atoms with Gasteiger partial charge in [0.1, 0.15) is 10.8 Å². The lowest BCUT2D eigenvalue weighted by Crippen LogP contribution is -2.36. The molecule has 0 atom stereocenters. The fraction of sp³-hybridized carbons (Fsp3) is 0.500. The van der Waals surface area contributed by atoms with Gasteiger partial charge in [-0.1, -0.05) is 11.6 Å². The molecule has 3 rings (SSSR count). The predicted octanol–water partition coefficient (Wildman–Crippen LogP) is 2.29. The van der Waals surface area contributed by atoms with Gasteiger partial charge in [0, 0.05) is 58.2 Å². The number of halogens is 1. The zero-order valence-electron chi connectivity index (χ0n) is 15.8. The zero-order chi connectivity index (χ0) is 19.2. The average Bonchev–Trinajstić information content (AvgIpc) is 3.10. The van der Waals surface area contributed by atoms with Gasteiger partial charge in [-0.05, 0) is 6.72 Å². The van der Waals surface area contributed by atoms with Crippen LogP contribution in [0.5, 0.6) is 0 Å². The lowest BCUT2D eigenvalue weighted by atomic mass is 10.2. The molecule has 1 fully saturated rings. The number of nitrogens with zero attached hydrogens (tertiary/aromatic N) is 6. The van der Waals surface area contributed by atoms with E-state index in [2.05, 4.69) is 31.6 Å². The van der Waals surface area contributed by atoms with Gasteiger partial charge in [-0.15, -0.1) is 0 Å². The van der Waals surface area contributed by atoms with Crippen LogP contribution in [0.4, 0.5) is 17.2 Å². The van der Waals surface area contributed by atoms with E-state index in [0.717, 1.165) is 30.0 Å². The minimum absolute atomic E-state index is 0.424. The minimum Gasteiger partial charge on any atom is -0.383 e. The molecule has 0 aliphatic carbocycles. The van der Waals surface area contributed by atoms with Crippen molar-refractivity contribution in [3.8, 4) is 0 Å². The summed E-state index contributed by atoms with van der Waals surface area (Å²) in [6.45, 7) is 8.51. The molecule has 1 aliphatic heterocycles. The van der Waals surface area contributed by atoms with Gasteiger partial charge in [0.05, 0.1) is 31.7 Å². The van der Waals surface area contributed by atoms with Crippen molar-refractivity contribution in [1.29, 1.82) is 0 Å². The van der Waals surface area contributed by atoms with Crippen LogP contribution >= 0.6 is 11.6 Å². The molecule has 27 heavy (non-hydrogen) atoms. The van der Waals surface area contributed by atoms with Crippen LogP contribution < -0.4 is 9.80 Å². The Hall–Kier alpha value is -2.16. The van der Waals surface area contributed by atoms with Gasteiger partial charge < -0.3 is 19.3 Å². The van der Waals surface area contributed by atoms with Crippen LogP contribution in [0.2, 0.25) is 5.15 Å². The van der Waals surface area contributed by atoms with Crippen LogP contribution in [0.1, 0.15) is 5.56 Å². The molecule has 0 spiro atoms. The number of anilines is 2. The van der Waals surface area contributed by atoms with E-state index >= 15 is 0 Å². The van der Waals surface area contributed by atoms with Crippen LogP contribution in [0, 0.1) is 0 Å². The smallest absolute Gasteiger partial charge is 0.158 e. The third-order valence-corrected chi connectivity index (χ3v) is 4.62. The van der Waals surface area contributed by atoms with E-state index in [4.69, 9.17) is 21.1 Å². The Morgan fingerprint density at radius 1 is 1.41 bits per heavy atom. The number of hydrogen-bond acceptors (Lipinski definition) is 7. The molecular weight excluding hydrogens is 368 g/mol. The van der Waals surface area contributed by atoms with Crippen molar-refractivity contribution in [3.05, 3.63) is 29.2 Å². The number of aryl methyl sites for hydroxylation is 1. The summed E-state index contributed by atoms with van der Waals surface area (Å²) in [7, 11) is 3.58. The maximum Gasteiger partial charge on any atom is 0.158 e. The fourth-order valence-electron chi connectivity index (χ4n) is 3.13. The molecule has 3 heterocycles. The first-order valence-corrected chi connectivity index (χ1v) is 9.21. The van der Waals surface area contributed by atoms with Crippen molar-refractivity contribution >= 4 is 35.5 Å². The van der Waals surface area contributed by atoms with E-state index in [1.54, 1.807) is 11.8 Å². The van der Waals surface area contributed by atoms with Crippen molar-refractivity contribution in [3.63, 3.8) is 0 Å². The zero-order valence-corrected chi connectivity index (χ0v) is 16.5. The molecule has 2 aromatic rings. The molecule has 0 saturated carbocycles. The van der Waals surface area contributed by atoms with Crippen LogP contribution in [0.3, 0.4) is 0 Å². The molecule has 9 heteroatoms. The normalized spacial score (nSPS) is 14.4. The number of aliphatic imine (C=N–C) groups is 1. The van der Waals surface area contributed by atoms with Crippen molar-refractivity contribution in [2.24, 2.45) is 12.0 Å². The Morgan fingerprint density at radius 2 is 2.19 bits per heavy atom. The van der Waals surface area contributed by atoms with Gasteiger partial charge in [-0.25, -0.2) is 4.98 Å². The fourth-order valence-corrected chi connectivity index (χ4v) is 3.32. The maximum absolute atomic E-state index is 6.38. The quantitative estimate of drug-likeness (QED) is 0.507. The molecule has 0 amide bonds. The van der Waals surface area contributed by atoms with Crippen molar-refractivity contribution in [2.45, 2.75) is 6.54 Å². The van der Waals surface area contributed by atoms with Gasteiger partial charge in [-0.2, -0.15) is 5.10 Å². The van der Waals surface area contributed by atoms with Crippen molar-refractivity contribution < 1.29 is 9.47 Å². The van der Waals surface area contributed by atoms with Gasteiger partial charge in [-0.3, -0.25) is 9.67 Å². The number of ether oxygens (including phenoxy) is 2. The summed E-state index contributed by atoms with van der Waals surface area (Å²) in [5, 5.41) is 4.67. The number of rotatable bonds is 8. The highest BCUT2D eigenvalue weighted by molar-refractivity contribution is 6.30. The van der Waals surface area contributed by atoms with Crippen LogP contribution in [0.25, 0.3) is 0 Å². The van der Waals surface area contributed by atoms with Gasteiger partial charge in [0.15, 0.2) is 5.82 Å². The molecular formula is C18H25ClN6O2. The predicted molar refractivity (Wildman–Crippen MR) is 108 cm³/mol. The standard InChI is InChI=1S/C18H25ClN6O2/c1-20-17-15(24-5-8-27-9-6-24)10-16(19)22-18(17)25(4-7-26-3)13-14-11-21-23(2)12-14/h10-12H,1,4-9,13H2,2-3H3. The summed E-state index contributed by atoms with van der Waals surface area (Å²) in [5.41, 5.74) is 2.72. The summed E-state index contributed by atoms with van der Waals surface area (Å²) in [5.74, 6) is 0.694. The number of morpholine rings is 1. The monoisotopic (exact) mass is 392 g/mol. The Kier molecular flexibility index (Phi) is 6.65. The first-order chi connectivity index (χ1) is 13.1. The number of hydrogen-bond donors (Lipinski definition) is 0. The van der Waals surface area contributed by atoms with E-state index < -0.39 is 0 Å². The molecule has 0 aromatic carbocycles. The van der Waals surface area contributed by atoms with Crippen molar-refractivity contribution in [2.75, 3.05) is 56.4 Å². The summed E-state index contributed by atoms with van der Waals surface area (Å²) >= 11 is 6.38. The molecule has 8 nitrogen and oxygen atoms in total. The van der Waals surface area contributed by atoms with Crippen LogP contribution in [-0.2, 0) is 23.1 Å². The molecule has 0 N–H and O–H groups in total. The second kappa shape index (κ2) is 9.16. The molecule has 1 saturated heterocycles. The average molecular weight is 393 g/mol. The molecule has 0 radical (unpaired) electrons. The first-order valence-electron chi connectivity index (χ1n) is 8.83. The lowest BCUT2D eigenvalue weighted by molar-refractivity contribution is 0.123. The summed E-state index contributed by atoms with van der Waals surface area (Å²) in [4.78, 5) is 13.2. The highest BCUT2D eigenvalue weighted by Gasteiger charge is 2.22. The minimum atomic E-state index is 0.424. The Labute approximate surface area is 164 Å². The van der Waals surface area contributed by atoms with Crippen molar-refractivity contribution in [1.82, 2.24) is 14.8 Å². The van der Waals surface area contributed by atoms with Gasteiger partial charge in [0.2, 0.25) is 0 Å². The highest BCUT2D eigenvalue weighted by Crippen LogP contribution is 2.39. The SMILES string of the molecule is C=Nc1c(N2CCOCC2)cc(Cl)nc1N(CCOC)Cc1cnn(C)c1. The molecule has 146 valence electrons. The van der Waals surface area contributed by atoms with Crippen LogP contribution in [-0.4, -0.2) is 68.0 Å². The Morgan fingerprint density at radius 3 is 2.81 bits per heavy atom. The Bertz CT molecular complexity index is 775. The van der Waals surface area contributed by atoms with E-state index in [-0.39, 0.29) is 0 Å². The topological polar surface area (TPSA) is 68.0 Å². The summed E-state index contributed by atoms with van der Waals surface area (Å²) in [6.07, 6.45) is 3.82. The first kappa shape index (κ1) is 19.6. The van der Waals surface area contributed by atoms with E-state index in [9.17, 15) is 0 Å².